The fourth-order valence-corrected chi connectivity index (χ4v) is 3.10. The van der Waals surface area contributed by atoms with E-state index in [9.17, 15) is 9.59 Å². The van der Waals surface area contributed by atoms with Crippen LogP contribution in [0, 0.1) is 6.92 Å². The lowest BCUT2D eigenvalue weighted by Crippen LogP contribution is -2.27. The van der Waals surface area contributed by atoms with Gasteiger partial charge in [-0.15, -0.1) is 11.3 Å². The topological polar surface area (TPSA) is 80.1 Å². The van der Waals surface area contributed by atoms with E-state index in [0.717, 1.165) is 10.7 Å². The average molecular weight is 355 g/mol. The number of amides is 2. The second kappa shape index (κ2) is 7.27. The Morgan fingerprint density at radius 3 is 2.80 bits per heavy atom. The highest BCUT2D eigenvalue weighted by atomic mass is 32.1. The summed E-state index contributed by atoms with van der Waals surface area (Å²) in [5, 5.41) is 2.83. The van der Waals surface area contributed by atoms with E-state index >= 15 is 0 Å². The Bertz CT molecular complexity index is 888. The van der Waals surface area contributed by atoms with Gasteiger partial charge in [-0.1, -0.05) is 6.07 Å². The smallest absolute Gasteiger partial charge is 0.270 e. The van der Waals surface area contributed by atoms with Crippen LogP contribution in [-0.2, 0) is 6.54 Å². The molecule has 8 heteroatoms. The fourth-order valence-electron chi connectivity index (χ4n) is 2.27. The second-order valence-corrected chi connectivity index (χ2v) is 6.48. The minimum absolute atomic E-state index is 0.162. The van der Waals surface area contributed by atoms with E-state index in [1.807, 2.05) is 12.3 Å². The Kier molecular flexibility index (Phi) is 4.90. The van der Waals surface area contributed by atoms with E-state index in [0.29, 0.717) is 17.7 Å². The van der Waals surface area contributed by atoms with Crippen molar-refractivity contribution in [2.45, 2.75) is 13.5 Å². The van der Waals surface area contributed by atoms with Gasteiger partial charge in [0.05, 0.1) is 6.54 Å². The van der Waals surface area contributed by atoms with Crippen molar-refractivity contribution in [3.63, 3.8) is 0 Å². The van der Waals surface area contributed by atoms with Crippen molar-refractivity contribution in [3.05, 3.63) is 70.2 Å². The molecule has 0 spiro atoms. The lowest BCUT2D eigenvalue weighted by Gasteiger charge is -2.16. The molecule has 2 amide bonds. The number of carbonyl (C=O) groups excluding carboxylic acids is 2. The number of hydrogen-bond donors (Lipinski definition) is 1. The van der Waals surface area contributed by atoms with Crippen LogP contribution in [-0.4, -0.2) is 38.4 Å². The average Bonchev–Trinajstić information content (AvgIpc) is 3.26. The van der Waals surface area contributed by atoms with Crippen LogP contribution in [0.25, 0.3) is 0 Å². The predicted molar refractivity (Wildman–Crippen MR) is 95.0 cm³/mol. The Morgan fingerprint density at radius 1 is 1.32 bits per heavy atom. The van der Waals surface area contributed by atoms with Gasteiger partial charge in [0.15, 0.2) is 0 Å². The summed E-state index contributed by atoms with van der Waals surface area (Å²) < 4.78 is 1.45. The molecule has 0 bridgehead atoms. The summed E-state index contributed by atoms with van der Waals surface area (Å²) in [6, 6.07) is 6.63. The summed E-state index contributed by atoms with van der Waals surface area (Å²) in [6.45, 7) is 2.35. The Hall–Kier alpha value is -3.00. The molecule has 0 saturated carbocycles. The number of carbonyl (C=O) groups is 2. The molecule has 0 aliphatic heterocycles. The van der Waals surface area contributed by atoms with Crippen LogP contribution in [0.3, 0.4) is 0 Å². The number of thiazole rings is 1. The molecule has 0 unspecified atom stereocenters. The van der Waals surface area contributed by atoms with Gasteiger partial charge in [-0.3, -0.25) is 15.0 Å². The van der Waals surface area contributed by atoms with Crippen molar-refractivity contribution in [1.29, 1.82) is 0 Å². The molecule has 3 rings (SSSR count). The molecule has 7 nitrogen and oxygen atoms in total. The summed E-state index contributed by atoms with van der Waals surface area (Å²) in [4.78, 5) is 34.7. The number of imidazole rings is 1. The first kappa shape index (κ1) is 16.8. The zero-order chi connectivity index (χ0) is 17.8. The van der Waals surface area contributed by atoms with Gasteiger partial charge in [-0.25, -0.2) is 14.6 Å². The lowest BCUT2D eigenvalue weighted by atomic mass is 10.1. The molecule has 3 aromatic rings. The molecule has 0 atom stereocenters. The van der Waals surface area contributed by atoms with Crippen molar-refractivity contribution in [1.82, 2.24) is 19.5 Å². The van der Waals surface area contributed by atoms with Crippen molar-refractivity contribution in [2.75, 3.05) is 12.5 Å². The number of nitrogens with zero attached hydrogens (tertiary/aromatic N) is 4. The monoisotopic (exact) mass is 355 g/mol. The molecular weight excluding hydrogens is 338 g/mol. The van der Waals surface area contributed by atoms with Crippen LogP contribution < -0.4 is 5.43 Å². The normalized spacial score (nSPS) is 10.5. The van der Waals surface area contributed by atoms with Crippen molar-refractivity contribution >= 4 is 23.2 Å². The van der Waals surface area contributed by atoms with Crippen LogP contribution in [0.15, 0.2) is 48.4 Å². The van der Waals surface area contributed by atoms with Gasteiger partial charge in [0.1, 0.15) is 11.3 Å². The number of hydrogen-bond acceptors (Lipinski definition) is 5. The standard InChI is InChI=1S/C17H17N5O2S/c1-12-10-25-15(19-12)9-21(2)17(24)14-5-3-4-13(8-14)16(23)20-22-7-6-18-11-22/h3-8,10-11H,9H2,1-2H3,(H,20,23). The molecule has 0 saturated heterocycles. The number of benzene rings is 1. The molecule has 128 valence electrons. The fraction of sp³-hybridized carbons (Fsp3) is 0.176. The van der Waals surface area contributed by atoms with Crippen molar-refractivity contribution < 1.29 is 9.59 Å². The van der Waals surface area contributed by atoms with Gasteiger partial charge in [0.25, 0.3) is 11.8 Å². The first-order chi connectivity index (χ1) is 12.0. The Morgan fingerprint density at radius 2 is 2.12 bits per heavy atom. The first-order valence-electron chi connectivity index (χ1n) is 7.59. The predicted octanol–water partition coefficient (Wildman–Crippen LogP) is 2.30. The van der Waals surface area contributed by atoms with Crippen LogP contribution >= 0.6 is 11.3 Å². The third kappa shape index (κ3) is 4.10. The van der Waals surface area contributed by atoms with Crippen molar-refractivity contribution in [2.24, 2.45) is 0 Å². The highest BCUT2D eigenvalue weighted by Crippen LogP contribution is 2.14. The molecule has 0 aliphatic carbocycles. The van der Waals surface area contributed by atoms with Gasteiger partial charge in [-0.2, -0.15) is 0 Å². The third-order valence-electron chi connectivity index (χ3n) is 3.49. The van der Waals surface area contributed by atoms with E-state index < -0.39 is 0 Å². The molecule has 0 aliphatic rings. The van der Waals surface area contributed by atoms with Crippen molar-refractivity contribution in [3.8, 4) is 0 Å². The van der Waals surface area contributed by atoms with Gasteiger partial charge >= 0.3 is 0 Å². The number of aryl methyl sites for hydroxylation is 1. The molecule has 1 aromatic carbocycles. The Labute approximate surface area is 148 Å². The lowest BCUT2D eigenvalue weighted by molar-refractivity contribution is 0.0785. The summed E-state index contributed by atoms with van der Waals surface area (Å²) in [7, 11) is 1.72. The molecule has 0 radical (unpaired) electrons. The molecule has 1 N–H and O–H groups in total. The van der Waals surface area contributed by atoms with Crippen LogP contribution in [0.2, 0.25) is 0 Å². The molecule has 0 fully saturated rings. The van der Waals surface area contributed by atoms with Gasteiger partial charge in [0, 0.05) is 41.6 Å². The number of aromatic nitrogens is 3. The number of nitrogens with one attached hydrogen (secondary N) is 1. The Balaban J connectivity index is 1.71. The van der Waals surface area contributed by atoms with Crippen LogP contribution in [0.5, 0.6) is 0 Å². The molecular formula is C17H17N5O2S. The first-order valence-corrected chi connectivity index (χ1v) is 8.47. The highest BCUT2D eigenvalue weighted by Gasteiger charge is 2.15. The number of rotatable bonds is 5. The third-order valence-corrected chi connectivity index (χ3v) is 4.44. The minimum Gasteiger partial charge on any atom is -0.335 e. The summed E-state index contributed by atoms with van der Waals surface area (Å²) in [5.74, 6) is -0.476. The maximum atomic E-state index is 12.6. The maximum Gasteiger partial charge on any atom is 0.270 e. The van der Waals surface area contributed by atoms with Gasteiger partial charge in [0.2, 0.25) is 0 Å². The van der Waals surface area contributed by atoms with E-state index in [1.165, 1.54) is 22.3 Å². The molecule has 2 heterocycles. The van der Waals surface area contributed by atoms with Crippen LogP contribution in [0.4, 0.5) is 0 Å². The zero-order valence-corrected chi connectivity index (χ0v) is 14.7. The van der Waals surface area contributed by atoms with E-state index in [2.05, 4.69) is 15.4 Å². The maximum absolute atomic E-state index is 12.6. The summed E-state index contributed by atoms with van der Waals surface area (Å²) >= 11 is 1.52. The van der Waals surface area contributed by atoms with Gasteiger partial charge < -0.3 is 4.90 Å². The van der Waals surface area contributed by atoms with Gasteiger partial charge in [-0.05, 0) is 25.1 Å². The van der Waals surface area contributed by atoms with E-state index in [4.69, 9.17) is 0 Å². The summed E-state index contributed by atoms with van der Waals surface area (Å²) in [6.07, 6.45) is 4.67. The highest BCUT2D eigenvalue weighted by molar-refractivity contribution is 7.09. The van der Waals surface area contributed by atoms with E-state index in [1.54, 1.807) is 48.6 Å². The van der Waals surface area contributed by atoms with Crippen LogP contribution in [0.1, 0.15) is 31.4 Å². The zero-order valence-electron chi connectivity index (χ0n) is 13.8. The SMILES string of the molecule is Cc1csc(CN(C)C(=O)c2cccc(C(=O)Nn3ccnc3)c2)n1. The second-order valence-electron chi connectivity index (χ2n) is 5.54. The van der Waals surface area contributed by atoms with E-state index in [-0.39, 0.29) is 11.8 Å². The molecule has 2 aromatic heterocycles. The summed E-state index contributed by atoms with van der Waals surface area (Å²) in [5.41, 5.74) is 4.46. The molecule has 25 heavy (non-hydrogen) atoms. The largest absolute Gasteiger partial charge is 0.335 e. The minimum atomic E-state index is -0.314. The quantitative estimate of drug-likeness (QED) is 0.762.